The van der Waals surface area contributed by atoms with Gasteiger partial charge in [-0.2, -0.15) is 0 Å². The van der Waals surface area contributed by atoms with Gasteiger partial charge in [-0.25, -0.2) is 4.98 Å². The second-order valence-electron chi connectivity index (χ2n) is 6.45. The zero-order valence-corrected chi connectivity index (χ0v) is 14.9. The first-order valence-corrected chi connectivity index (χ1v) is 8.91. The van der Waals surface area contributed by atoms with Crippen molar-refractivity contribution >= 4 is 22.5 Å². The molecule has 0 fully saturated rings. The van der Waals surface area contributed by atoms with E-state index in [9.17, 15) is 4.79 Å². The van der Waals surface area contributed by atoms with Gasteiger partial charge >= 0.3 is 0 Å². The number of carbonyl (C=O) groups is 1. The average molecular weight is 368 g/mol. The maximum atomic E-state index is 12.4. The number of carbonyl (C=O) groups excluding carboxylic acids is 1. The highest BCUT2D eigenvalue weighted by atomic mass is 16.3. The van der Waals surface area contributed by atoms with Crippen LogP contribution in [-0.4, -0.2) is 20.3 Å². The van der Waals surface area contributed by atoms with Gasteiger partial charge in [-0.3, -0.25) is 9.78 Å². The number of fused-ring (bicyclic) bond motifs is 2. The van der Waals surface area contributed by atoms with Crippen molar-refractivity contribution in [1.29, 1.82) is 0 Å². The lowest BCUT2D eigenvalue weighted by molar-refractivity contribution is 0.0943. The first-order chi connectivity index (χ1) is 13.8. The van der Waals surface area contributed by atoms with E-state index in [1.165, 1.54) is 0 Å². The fourth-order valence-electron chi connectivity index (χ4n) is 3.29. The molecular weight excluding hydrogens is 352 g/mol. The molecule has 6 heteroatoms. The number of nitrogens with one attached hydrogen (secondary N) is 1. The largest absolute Gasteiger partial charge is 0.467 e. The Balaban J connectivity index is 1.47. The van der Waals surface area contributed by atoms with Gasteiger partial charge in [-0.1, -0.05) is 18.2 Å². The molecular formula is C22H16N4O2. The monoisotopic (exact) mass is 368 g/mol. The van der Waals surface area contributed by atoms with Gasteiger partial charge in [0.2, 0.25) is 0 Å². The Morgan fingerprint density at radius 3 is 2.89 bits per heavy atom. The Morgan fingerprint density at radius 2 is 2.00 bits per heavy atom. The predicted octanol–water partition coefficient (Wildman–Crippen LogP) is 4.07. The number of rotatable bonds is 4. The molecule has 0 aliphatic heterocycles. The van der Waals surface area contributed by atoms with Crippen molar-refractivity contribution in [3.63, 3.8) is 0 Å². The lowest BCUT2D eigenvalue weighted by atomic mass is 10.0. The minimum absolute atomic E-state index is 0.240. The van der Waals surface area contributed by atoms with Crippen molar-refractivity contribution in [2.24, 2.45) is 0 Å². The smallest absolute Gasteiger partial charge is 0.271 e. The minimum Gasteiger partial charge on any atom is -0.467 e. The van der Waals surface area contributed by atoms with Crippen LogP contribution in [0.3, 0.4) is 0 Å². The van der Waals surface area contributed by atoms with Crippen LogP contribution in [0.1, 0.15) is 16.2 Å². The molecule has 0 radical (unpaired) electrons. The van der Waals surface area contributed by atoms with Crippen LogP contribution < -0.4 is 5.32 Å². The molecule has 0 unspecified atom stereocenters. The number of amides is 1. The Labute approximate surface area is 160 Å². The summed E-state index contributed by atoms with van der Waals surface area (Å²) in [5.41, 5.74) is 4.15. The topological polar surface area (TPSA) is 72.4 Å². The lowest BCUT2D eigenvalue weighted by Gasteiger charge is -2.06. The maximum absolute atomic E-state index is 12.4. The van der Waals surface area contributed by atoms with Gasteiger partial charge in [0, 0.05) is 24.0 Å². The summed E-state index contributed by atoms with van der Waals surface area (Å²) < 4.78 is 7.10. The molecule has 136 valence electrons. The molecule has 1 aromatic carbocycles. The standard InChI is InChI=1S/C22H16N4O2/c27-22(24-12-16-4-3-11-28-16)20-14-26-13-15(8-9-21(26)25-20)17-5-1-7-19-18(17)6-2-10-23-19/h1-11,13-14H,12H2,(H,24,27). The second-order valence-corrected chi connectivity index (χ2v) is 6.45. The van der Waals surface area contributed by atoms with E-state index in [0.717, 1.165) is 22.0 Å². The number of hydrogen-bond donors (Lipinski definition) is 1. The molecule has 6 nitrogen and oxygen atoms in total. The average Bonchev–Trinajstić information content (AvgIpc) is 3.40. The van der Waals surface area contributed by atoms with Crippen LogP contribution in [0.2, 0.25) is 0 Å². The quantitative estimate of drug-likeness (QED) is 0.519. The van der Waals surface area contributed by atoms with Crippen molar-refractivity contribution in [3.8, 4) is 11.1 Å². The Morgan fingerprint density at radius 1 is 1.04 bits per heavy atom. The van der Waals surface area contributed by atoms with Gasteiger partial charge < -0.3 is 14.1 Å². The van der Waals surface area contributed by atoms with Gasteiger partial charge in [0.25, 0.3) is 5.91 Å². The molecule has 0 bridgehead atoms. The molecule has 1 amide bonds. The van der Waals surface area contributed by atoms with Crippen LogP contribution in [-0.2, 0) is 6.54 Å². The maximum Gasteiger partial charge on any atom is 0.271 e. The lowest BCUT2D eigenvalue weighted by Crippen LogP contribution is -2.22. The molecule has 0 saturated carbocycles. The van der Waals surface area contributed by atoms with Crippen molar-refractivity contribution in [2.45, 2.75) is 6.54 Å². The van der Waals surface area contributed by atoms with Crippen molar-refractivity contribution < 1.29 is 9.21 Å². The molecule has 0 aliphatic rings. The zero-order valence-electron chi connectivity index (χ0n) is 14.9. The van der Waals surface area contributed by atoms with Crippen LogP contribution in [0.4, 0.5) is 0 Å². The molecule has 1 N–H and O–H groups in total. The van der Waals surface area contributed by atoms with E-state index in [1.54, 1.807) is 24.7 Å². The van der Waals surface area contributed by atoms with Gasteiger partial charge in [-0.05, 0) is 47.5 Å². The fraction of sp³-hybridized carbons (Fsp3) is 0.0455. The van der Waals surface area contributed by atoms with Crippen LogP contribution in [0.15, 0.2) is 83.9 Å². The van der Waals surface area contributed by atoms with E-state index in [4.69, 9.17) is 4.42 Å². The van der Waals surface area contributed by atoms with E-state index < -0.39 is 0 Å². The van der Waals surface area contributed by atoms with E-state index in [2.05, 4.69) is 27.4 Å². The summed E-state index contributed by atoms with van der Waals surface area (Å²) in [6, 6.07) is 17.6. The SMILES string of the molecule is O=C(NCc1ccco1)c1cn2cc(-c3cccc4ncccc34)ccc2n1. The van der Waals surface area contributed by atoms with Crippen molar-refractivity contribution in [2.75, 3.05) is 0 Å². The summed E-state index contributed by atoms with van der Waals surface area (Å²) in [4.78, 5) is 21.2. The van der Waals surface area contributed by atoms with Gasteiger partial charge in [-0.15, -0.1) is 0 Å². The normalized spacial score (nSPS) is 11.1. The summed E-state index contributed by atoms with van der Waals surface area (Å²) in [5, 5.41) is 3.90. The minimum atomic E-state index is -0.240. The van der Waals surface area contributed by atoms with E-state index >= 15 is 0 Å². The van der Waals surface area contributed by atoms with Crippen LogP contribution in [0.25, 0.3) is 27.7 Å². The molecule has 0 atom stereocenters. The number of benzene rings is 1. The molecule has 0 spiro atoms. The Hall–Kier alpha value is -3.93. The molecule has 4 heterocycles. The molecule has 5 aromatic rings. The van der Waals surface area contributed by atoms with E-state index in [-0.39, 0.29) is 5.91 Å². The first-order valence-electron chi connectivity index (χ1n) is 8.91. The van der Waals surface area contributed by atoms with Crippen LogP contribution in [0.5, 0.6) is 0 Å². The first kappa shape index (κ1) is 16.3. The zero-order chi connectivity index (χ0) is 18.9. The Kier molecular flexibility index (Phi) is 3.87. The summed E-state index contributed by atoms with van der Waals surface area (Å²) in [5.74, 6) is 0.458. The number of pyridine rings is 2. The predicted molar refractivity (Wildman–Crippen MR) is 106 cm³/mol. The van der Waals surface area contributed by atoms with Crippen molar-refractivity contribution in [3.05, 3.63) is 90.9 Å². The van der Waals surface area contributed by atoms with E-state index in [1.807, 2.05) is 47.0 Å². The molecule has 4 aromatic heterocycles. The number of furan rings is 1. The third kappa shape index (κ3) is 2.91. The molecule has 0 aliphatic carbocycles. The highest BCUT2D eigenvalue weighted by molar-refractivity contribution is 5.95. The van der Waals surface area contributed by atoms with Crippen molar-refractivity contribution in [1.82, 2.24) is 19.7 Å². The summed E-state index contributed by atoms with van der Waals surface area (Å²) in [6.07, 6.45) is 7.09. The van der Waals surface area contributed by atoms with Crippen LogP contribution >= 0.6 is 0 Å². The highest BCUT2D eigenvalue weighted by Gasteiger charge is 2.12. The second kappa shape index (κ2) is 6.66. The van der Waals surface area contributed by atoms with Gasteiger partial charge in [0.1, 0.15) is 17.1 Å². The third-order valence-electron chi connectivity index (χ3n) is 4.64. The van der Waals surface area contributed by atoms with Gasteiger partial charge in [0.15, 0.2) is 0 Å². The number of imidazole rings is 1. The number of nitrogens with zero attached hydrogens (tertiary/aromatic N) is 3. The van der Waals surface area contributed by atoms with Gasteiger partial charge in [0.05, 0.1) is 18.3 Å². The fourth-order valence-corrected chi connectivity index (χ4v) is 3.29. The summed E-state index contributed by atoms with van der Waals surface area (Å²) >= 11 is 0. The highest BCUT2D eigenvalue weighted by Crippen LogP contribution is 2.27. The third-order valence-corrected chi connectivity index (χ3v) is 4.64. The molecule has 5 rings (SSSR count). The summed E-state index contributed by atoms with van der Waals surface area (Å²) in [7, 11) is 0. The Bertz CT molecular complexity index is 1280. The van der Waals surface area contributed by atoms with Crippen LogP contribution in [0, 0.1) is 0 Å². The molecule has 28 heavy (non-hydrogen) atoms. The summed E-state index contributed by atoms with van der Waals surface area (Å²) in [6.45, 7) is 0.327. The molecule has 0 saturated heterocycles. The number of aromatic nitrogens is 3. The number of hydrogen-bond acceptors (Lipinski definition) is 4. The van der Waals surface area contributed by atoms with E-state index in [0.29, 0.717) is 23.6 Å².